The molecule has 0 aromatic heterocycles. The number of nitrogens with zero attached hydrogens (tertiary/aromatic N) is 1. The smallest absolute Gasteiger partial charge is 0.407 e. The Kier molecular flexibility index (Phi) is 5.72. The van der Waals surface area contributed by atoms with E-state index >= 15 is 0 Å². The van der Waals surface area contributed by atoms with Gasteiger partial charge in [-0.3, -0.25) is 9.69 Å². The topological polar surface area (TPSA) is 78.9 Å². The number of halogens is 1. The summed E-state index contributed by atoms with van der Waals surface area (Å²) in [5.74, 6) is -0.935. The average molecular weight is 355 g/mol. The molecule has 7 heteroatoms. The van der Waals surface area contributed by atoms with Crippen molar-refractivity contribution in [3.63, 3.8) is 0 Å². The van der Waals surface area contributed by atoms with Crippen molar-refractivity contribution < 1.29 is 19.4 Å². The summed E-state index contributed by atoms with van der Waals surface area (Å²) in [4.78, 5) is 25.4. The first-order chi connectivity index (χ1) is 11.2. The quantitative estimate of drug-likeness (QED) is 0.868. The molecule has 1 fully saturated rings. The molecule has 0 radical (unpaired) electrons. The Hall–Kier alpha value is -1.79. The number of hydrogen-bond donors (Lipinski definition) is 2. The number of aliphatic carboxylic acids is 1. The van der Waals surface area contributed by atoms with Gasteiger partial charge in [0.25, 0.3) is 0 Å². The van der Waals surface area contributed by atoms with Gasteiger partial charge >= 0.3 is 12.1 Å². The summed E-state index contributed by atoms with van der Waals surface area (Å²) in [6.07, 6.45) is 0.188. The third kappa shape index (κ3) is 5.11. The number of benzene rings is 1. The molecule has 1 saturated heterocycles. The molecular formula is C17H23ClN2O4. The van der Waals surface area contributed by atoms with E-state index in [1.165, 1.54) is 0 Å². The maximum absolute atomic E-state index is 11.9. The number of rotatable bonds is 4. The molecule has 1 aromatic rings. The van der Waals surface area contributed by atoms with Crippen molar-refractivity contribution in [2.24, 2.45) is 0 Å². The fraction of sp³-hybridized carbons (Fsp3) is 0.529. The fourth-order valence-electron chi connectivity index (χ4n) is 2.80. The number of likely N-dealkylation sites (tertiary alicyclic amines) is 1. The Morgan fingerprint density at radius 2 is 2.12 bits per heavy atom. The molecular weight excluding hydrogens is 332 g/mol. The minimum Gasteiger partial charge on any atom is -0.480 e. The Morgan fingerprint density at radius 3 is 2.71 bits per heavy atom. The highest BCUT2D eigenvalue weighted by molar-refractivity contribution is 6.30. The Labute approximate surface area is 146 Å². The van der Waals surface area contributed by atoms with Crippen molar-refractivity contribution in [1.82, 2.24) is 10.2 Å². The van der Waals surface area contributed by atoms with Gasteiger partial charge in [-0.15, -0.1) is 0 Å². The van der Waals surface area contributed by atoms with E-state index in [1.54, 1.807) is 45.0 Å². The first-order valence-electron chi connectivity index (χ1n) is 7.87. The van der Waals surface area contributed by atoms with Crippen LogP contribution in [0.15, 0.2) is 24.3 Å². The summed E-state index contributed by atoms with van der Waals surface area (Å²) < 4.78 is 5.24. The highest BCUT2D eigenvalue weighted by atomic mass is 35.5. The van der Waals surface area contributed by atoms with E-state index in [1.807, 2.05) is 4.90 Å². The van der Waals surface area contributed by atoms with E-state index < -0.39 is 23.7 Å². The second-order valence-electron chi connectivity index (χ2n) is 6.92. The van der Waals surface area contributed by atoms with E-state index in [9.17, 15) is 14.7 Å². The normalized spacial score (nSPS) is 19.8. The molecule has 0 aliphatic carbocycles. The summed E-state index contributed by atoms with van der Waals surface area (Å²) in [5.41, 5.74) is 0.0696. The standard InChI is InChI=1S/C17H23ClN2O4/c1-17(2,3)24-16(23)19-13-7-8-20(10-13)14(15(21)22)11-5-4-6-12(18)9-11/h4-6,9,13-14H,7-8,10H2,1-3H3,(H,19,23)(H,21,22)/t13-,14+/m0/s1. The van der Waals surface area contributed by atoms with Crippen LogP contribution in [0.3, 0.4) is 0 Å². The molecule has 1 aliphatic rings. The zero-order valence-corrected chi connectivity index (χ0v) is 14.8. The largest absolute Gasteiger partial charge is 0.480 e. The van der Waals surface area contributed by atoms with Crippen molar-refractivity contribution in [3.8, 4) is 0 Å². The average Bonchev–Trinajstić information content (AvgIpc) is 2.84. The van der Waals surface area contributed by atoms with Crippen LogP contribution in [0, 0.1) is 0 Å². The molecule has 0 unspecified atom stereocenters. The highest BCUT2D eigenvalue weighted by Gasteiger charge is 2.34. The van der Waals surface area contributed by atoms with Gasteiger partial charge in [-0.25, -0.2) is 4.79 Å². The molecule has 1 amide bonds. The minimum atomic E-state index is -0.935. The number of hydrogen-bond acceptors (Lipinski definition) is 4. The molecule has 2 N–H and O–H groups in total. The number of ether oxygens (including phenoxy) is 1. The van der Waals surface area contributed by atoms with Crippen LogP contribution in [-0.4, -0.2) is 46.8 Å². The lowest BCUT2D eigenvalue weighted by atomic mass is 10.1. The van der Waals surface area contributed by atoms with Crippen LogP contribution in [0.25, 0.3) is 0 Å². The summed E-state index contributed by atoms with van der Waals surface area (Å²) in [5, 5.41) is 12.9. The van der Waals surface area contributed by atoms with Crippen LogP contribution in [0.1, 0.15) is 38.8 Å². The van der Waals surface area contributed by atoms with Gasteiger partial charge in [-0.05, 0) is 44.9 Å². The Morgan fingerprint density at radius 1 is 1.42 bits per heavy atom. The van der Waals surface area contributed by atoms with E-state index in [0.29, 0.717) is 30.1 Å². The highest BCUT2D eigenvalue weighted by Crippen LogP contribution is 2.27. The van der Waals surface area contributed by atoms with Gasteiger partial charge in [0, 0.05) is 24.2 Å². The third-order valence-electron chi connectivity index (χ3n) is 3.70. The van der Waals surface area contributed by atoms with Crippen LogP contribution in [0.2, 0.25) is 5.02 Å². The summed E-state index contributed by atoms with van der Waals surface area (Å²) in [6.45, 7) is 6.42. The zero-order chi connectivity index (χ0) is 17.9. The Balaban J connectivity index is 2.02. The van der Waals surface area contributed by atoms with E-state index in [4.69, 9.17) is 16.3 Å². The van der Waals surface area contributed by atoms with Crippen molar-refractivity contribution in [2.75, 3.05) is 13.1 Å². The predicted octanol–water partition coefficient (Wildman–Crippen LogP) is 3.06. The number of nitrogens with one attached hydrogen (secondary N) is 1. The van der Waals surface area contributed by atoms with E-state index in [0.717, 1.165) is 0 Å². The number of carbonyl (C=O) groups excluding carboxylic acids is 1. The van der Waals surface area contributed by atoms with E-state index in [-0.39, 0.29) is 6.04 Å². The molecule has 0 spiro atoms. The first kappa shape index (κ1) is 18.5. The lowest BCUT2D eigenvalue weighted by Crippen LogP contribution is -2.41. The van der Waals surface area contributed by atoms with Gasteiger partial charge in [0.2, 0.25) is 0 Å². The van der Waals surface area contributed by atoms with Crippen LogP contribution >= 0.6 is 11.6 Å². The number of amides is 1. The van der Waals surface area contributed by atoms with Crippen molar-refractivity contribution in [1.29, 1.82) is 0 Å². The number of carbonyl (C=O) groups is 2. The van der Waals surface area contributed by atoms with Crippen molar-refractivity contribution in [3.05, 3.63) is 34.9 Å². The maximum Gasteiger partial charge on any atom is 0.407 e. The molecule has 2 atom stereocenters. The number of carboxylic acids is 1. The lowest BCUT2D eigenvalue weighted by Gasteiger charge is -2.25. The molecule has 0 saturated carbocycles. The van der Waals surface area contributed by atoms with Gasteiger partial charge in [-0.2, -0.15) is 0 Å². The van der Waals surface area contributed by atoms with Gasteiger partial charge in [-0.1, -0.05) is 23.7 Å². The summed E-state index contributed by atoms with van der Waals surface area (Å²) >= 11 is 5.97. The monoisotopic (exact) mass is 354 g/mol. The minimum absolute atomic E-state index is 0.138. The van der Waals surface area contributed by atoms with Crippen molar-refractivity contribution >= 4 is 23.7 Å². The van der Waals surface area contributed by atoms with Crippen LogP contribution in [0.5, 0.6) is 0 Å². The van der Waals surface area contributed by atoms with Crippen LogP contribution in [0.4, 0.5) is 4.79 Å². The Bertz CT molecular complexity index is 615. The number of carboxylic acid groups (broad SMARTS) is 1. The molecule has 0 bridgehead atoms. The van der Waals surface area contributed by atoms with E-state index in [2.05, 4.69) is 5.32 Å². The molecule has 1 heterocycles. The molecule has 6 nitrogen and oxygen atoms in total. The van der Waals surface area contributed by atoms with Crippen LogP contribution in [-0.2, 0) is 9.53 Å². The SMILES string of the molecule is CC(C)(C)OC(=O)N[C@H]1CCN([C@@H](C(=O)O)c2cccc(Cl)c2)C1. The van der Waals surface area contributed by atoms with Gasteiger partial charge in [0.15, 0.2) is 0 Å². The van der Waals surface area contributed by atoms with Gasteiger partial charge < -0.3 is 15.2 Å². The van der Waals surface area contributed by atoms with Gasteiger partial charge in [0.05, 0.1) is 0 Å². The molecule has 2 rings (SSSR count). The maximum atomic E-state index is 11.9. The molecule has 24 heavy (non-hydrogen) atoms. The molecule has 132 valence electrons. The van der Waals surface area contributed by atoms with Crippen molar-refractivity contribution in [2.45, 2.75) is 44.9 Å². The second kappa shape index (κ2) is 7.40. The lowest BCUT2D eigenvalue weighted by molar-refractivity contribution is -0.143. The number of alkyl carbamates (subject to hydrolysis) is 1. The first-order valence-corrected chi connectivity index (χ1v) is 8.25. The molecule has 1 aromatic carbocycles. The summed E-state index contributed by atoms with van der Waals surface area (Å²) in [6, 6.07) is 5.94. The summed E-state index contributed by atoms with van der Waals surface area (Å²) in [7, 11) is 0. The second-order valence-corrected chi connectivity index (χ2v) is 7.36. The predicted molar refractivity (Wildman–Crippen MR) is 91.2 cm³/mol. The zero-order valence-electron chi connectivity index (χ0n) is 14.1. The fourth-order valence-corrected chi connectivity index (χ4v) is 3.00. The molecule has 1 aliphatic heterocycles. The van der Waals surface area contributed by atoms with Gasteiger partial charge in [0.1, 0.15) is 11.6 Å². The third-order valence-corrected chi connectivity index (χ3v) is 3.94. The van der Waals surface area contributed by atoms with Crippen LogP contribution < -0.4 is 5.32 Å².